The molecule has 2 aromatic rings. The SMILES string of the molecule is CC1=CC(C)(C)N(C(C)C)c2cc(C)c(/C=C3\C(=O)NC(=O)N(c4ccccc4F)C3=O)cc21. The molecule has 2 heterocycles. The number of urea groups is 1. The minimum Gasteiger partial charge on any atom is -0.360 e. The fourth-order valence-electron chi connectivity index (χ4n) is 4.98. The van der Waals surface area contributed by atoms with Crippen LogP contribution in [-0.2, 0) is 9.59 Å². The average Bonchev–Trinajstić information content (AvgIpc) is 2.72. The van der Waals surface area contributed by atoms with E-state index in [9.17, 15) is 18.8 Å². The van der Waals surface area contributed by atoms with E-state index in [1.165, 1.54) is 24.3 Å². The lowest BCUT2D eigenvalue weighted by Gasteiger charge is -2.46. The van der Waals surface area contributed by atoms with E-state index in [0.717, 1.165) is 28.5 Å². The van der Waals surface area contributed by atoms with E-state index in [2.05, 4.69) is 50.1 Å². The lowest BCUT2D eigenvalue weighted by molar-refractivity contribution is -0.122. The summed E-state index contributed by atoms with van der Waals surface area (Å²) in [5.74, 6) is -2.41. The molecule has 0 atom stereocenters. The Labute approximate surface area is 198 Å². The van der Waals surface area contributed by atoms with Crippen molar-refractivity contribution in [2.75, 3.05) is 9.80 Å². The van der Waals surface area contributed by atoms with Crippen LogP contribution in [-0.4, -0.2) is 29.4 Å². The van der Waals surface area contributed by atoms with Gasteiger partial charge in [0.05, 0.1) is 11.2 Å². The summed E-state index contributed by atoms with van der Waals surface area (Å²) in [7, 11) is 0. The van der Waals surface area contributed by atoms with Crippen LogP contribution in [0.2, 0.25) is 0 Å². The first kappa shape index (κ1) is 23.4. The molecule has 2 aliphatic heterocycles. The highest BCUT2D eigenvalue weighted by Crippen LogP contribution is 2.42. The second kappa shape index (κ2) is 8.24. The predicted octanol–water partition coefficient (Wildman–Crippen LogP) is 5.21. The lowest BCUT2D eigenvalue weighted by Crippen LogP contribution is -2.54. The van der Waals surface area contributed by atoms with Crippen molar-refractivity contribution in [1.29, 1.82) is 0 Å². The fraction of sp³-hybridized carbons (Fsp3) is 0.296. The van der Waals surface area contributed by atoms with Crippen LogP contribution < -0.4 is 15.1 Å². The van der Waals surface area contributed by atoms with E-state index in [4.69, 9.17) is 0 Å². The van der Waals surface area contributed by atoms with Crippen molar-refractivity contribution >= 4 is 40.9 Å². The minimum atomic E-state index is -0.979. The topological polar surface area (TPSA) is 69.7 Å². The standard InChI is InChI=1S/C27H28FN3O3/c1-15(2)31-23-11-16(3)18(12-19(23)17(4)14-27(31,5)6)13-20-24(32)29-26(34)30(25(20)33)22-10-8-7-9-21(22)28/h7-15H,1-6H3,(H,29,32,34)/b20-13+. The van der Waals surface area contributed by atoms with Crippen molar-refractivity contribution in [2.45, 2.75) is 53.1 Å². The molecule has 7 heteroatoms. The number of allylic oxidation sites excluding steroid dienone is 1. The summed E-state index contributed by atoms with van der Waals surface area (Å²) >= 11 is 0. The number of carbonyl (C=O) groups is 3. The molecule has 0 radical (unpaired) electrons. The molecule has 4 rings (SSSR count). The van der Waals surface area contributed by atoms with Crippen molar-refractivity contribution in [3.63, 3.8) is 0 Å². The van der Waals surface area contributed by atoms with Gasteiger partial charge in [-0.3, -0.25) is 14.9 Å². The normalized spacial score (nSPS) is 18.9. The van der Waals surface area contributed by atoms with Crippen LogP contribution in [0.4, 0.5) is 20.6 Å². The monoisotopic (exact) mass is 461 g/mol. The molecule has 0 spiro atoms. The zero-order valence-electron chi connectivity index (χ0n) is 20.2. The largest absolute Gasteiger partial charge is 0.360 e. The lowest BCUT2D eigenvalue weighted by atomic mass is 9.85. The molecule has 2 aliphatic rings. The van der Waals surface area contributed by atoms with Crippen LogP contribution >= 0.6 is 0 Å². The maximum Gasteiger partial charge on any atom is 0.336 e. The molecule has 0 aliphatic carbocycles. The number of rotatable bonds is 3. The third-order valence-corrected chi connectivity index (χ3v) is 6.27. The summed E-state index contributed by atoms with van der Waals surface area (Å²) in [5.41, 5.74) is 4.13. The van der Waals surface area contributed by atoms with Crippen LogP contribution in [0.3, 0.4) is 0 Å². The Bertz CT molecular complexity index is 1290. The van der Waals surface area contributed by atoms with Crippen molar-refractivity contribution in [1.82, 2.24) is 5.32 Å². The van der Waals surface area contributed by atoms with Gasteiger partial charge < -0.3 is 4.90 Å². The number of halogens is 1. The molecule has 176 valence electrons. The summed E-state index contributed by atoms with van der Waals surface area (Å²) in [6.45, 7) is 12.6. The molecule has 1 N–H and O–H groups in total. The van der Waals surface area contributed by atoms with Crippen LogP contribution in [0.5, 0.6) is 0 Å². The van der Waals surface area contributed by atoms with Gasteiger partial charge in [-0.2, -0.15) is 0 Å². The summed E-state index contributed by atoms with van der Waals surface area (Å²) < 4.78 is 14.3. The van der Waals surface area contributed by atoms with Crippen molar-refractivity contribution in [2.24, 2.45) is 0 Å². The second-order valence-electron chi connectivity index (χ2n) is 9.58. The molecule has 4 amide bonds. The van der Waals surface area contributed by atoms with Gasteiger partial charge in [0, 0.05) is 17.3 Å². The molecule has 34 heavy (non-hydrogen) atoms. The second-order valence-corrected chi connectivity index (χ2v) is 9.58. The zero-order chi connectivity index (χ0) is 24.9. The molecular formula is C27H28FN3O3. The predicted molar refractivity (Wildman–Crippen MR) is 132 cm³/mol. The van der Waals surface area contributed by atoms with Gasteiger partial charge in [-0.25, -0.2) is 14.1 Å². The van der Waals surface area contributed by atoms with Gasteiger partial charge in [0.25, 0.3) is 11.8 Å². The number of fused-ring (bicyclic) bond motifs is 1. The molecule has 0 bridgehead atoms. The Balaban J connectivity index is 1.82. The number of benzene rings is 2. The number of para-hydroxylation sites is 1. The Kier molecular flexibility index (Phi) is 5.67. The molecule has 0 unspecified atom stereocenters. The van der Waals surface area contributed by atoms with Crippen molar-refractivity contribution < 1.29 is 18.8 Å². The molecule has 1 fully saturated rings. The molecule has 0 aromatic heterocycles. The molecule has 6 nitrogen and oxygen atoms in total. The van der Waals surface area contributed by atoms with Crippen LogP contribution in [0.25, 0.3) is 11.6 Å². The van der Waals surface area contributed by atoms with Gasteiger partial charge >= 0.3 is 6.03 Å². The third-order valence-electron chi connectivity index (χ3n) is 6.27. The fourth-order valence-corrected chi connectivity index (χ4v) is 4.98. The number of imide groups is 2. The van der Waals surface area contributed by atoms with Crippen molar-refractivity contribution in [3.8, 4) is 0 Å². The number of amides is 4. The molecular weight excluding hydrogens is 433 g/mol. The maximum absolute atomic E-state index is 14.3. The quantitative estimate of drug-likeness (QED) is 0.503. The van der Waals surface area contributed by atoms with Gasteiger partial charge in [0.15, 0.2) is 0 Å². The van der Waals surface area contributed by atoms with Gasteiger partial charge in [-0.1, -0.05) is 18.2 Å². The highest BCUT2D eigenvalue weighted by molar-refractivity contribution is 6.39. The third kappa shape index (κ3) is 3.81. The number of carbonyl (C=O) groups excluding carboxylic acids is 3. The zero-order valence-corrected chi connectivity index (χ0v) is 20.2. The highest BCUT2D eigenvalue weighted by atomic mass is 19.1. The number of anilines is 2. The number of hydrogen-bond acceptors (Lipinski definition) is 4. The van der Waals surface area contributed by atoms with Gasteiger partial charge in [-0.05, 0) is 88.6 Å². The van der Waals surface area contributed by atoms with Gasteiger partial charge in [-0.15, -0.1) is 0 Å². The van der Waals surface area contributed by atoms with Crippen molar-refractivity contribution in [3.05, 3.63) is 70.6 Å². The van der Waals surface area contributed by atoms with E-state index in [1.54, 1.807) is 0 Å². The van der Waals surface area contributed by atoms with E-state index in [0.29, 0.717) is 10.5 Å². The molecule has 0 saturated carbocycles. The Hall–Kier alpha value is -3.74. The number of nitrogens with one attached hydrogen (secondary N) is 1. The first-order chi connectivity index (χ1) is 15.9. The van der Waals surface area contributed by atoms with E-state index < -0.39 is 23.7 Å². The number of aryl methyl sites for hydroxylation is 1. The van der Waals surface area contributed by atoms with E-state index in [1.807, 2.05) is 19.9 Å². The number of barbiturate groups is 1. The average molecular weight is 462 g/mol. The minimum absolute atomic E-state index is 0.169. The number of hydrogen-bond donors (Lipinski definition) is 1. The number of nitrogens with zero attached hydrogens (tertiary/aromatic N) is 2. The van der Waals surface area contributed by atoms with Crippen LogP contribution in [0.15, 0.2) is 48.0 Å². The Morgan fingerprint density at radius 2 is 1.71 bits per heavy atom. The van der Waals surface area contributed by atoms with Gasteiger partial charge in [0.2, 0.25) is 0 Å². The Morgan fingerprint density at radius 1 is 1.03 bits per heavy atom. The first-order valence-corrected chi connectivity index (χ1v) is 11.2. The summed E-state index contributed by atoms with van der Waals surface area (Å²) in [6.07, 6.45) is 3.68. The molecule has 2 aromatic carbocycles. The first-order valence-electron chi connectivity index (χ1n) is 11.2. The maximum atomic E-state index is 14.3. The van der Waals surface area contributed by atoms with Crippen LogP contribution in [0.1, 0.15) is 51.3 Å². The summed E-state index contributed by atoms with van der Waals surface area (Å²) in [5, 5.41) is 2.15. The van der Waals surface area contributed by atoms with E-state index in [-0.39, 0.29) is 22.8 Å². The summed E-state index contributed by atoms with van der Waals surface area (Å²) in [4.78, 5) is 41.2. The Morgan fingerprint density at radius 3 is 2.35 bits per heavy atom. The smallest absolute Gasteiger partial charge is 0.336 e. The van der Waals surface area contributed by atoms with Crippen LogP contribution in [0, 0.1) is 12.7 Å². The van der Waals surface area contributed by atoms with Gasteiger partial charge in [0.1, 0.15) is 11.4 Å². The van der Waals surface area contributed by atoms with E-state index >= 15 is 0 Å². The molecule has 1 saturated heterocycles. The summed E-state index contributed by atoms with van der Waals surface area (Å²) in [6, 6.07) is 8.75. The highest BCUT2D eigenvalue weighted by Gasteiger charge is 2.38.